The molecule has 1 fully saturated rings. The third-order valence-electron chi connectivity index (χ3n) is 3.28. The van der Waals surface area contributed by atoms with Crippen molar-refractivity contribution in [1.82, 2.24) is 15.0 Å². The second-order valence-electron chi connectivity index (χ2n) is 4.40. The maximum atomic E-state index is 9.29. The third kappa shape index (κ3) is 1.63. The number of rotatable bonds is 2. The Kier molecular flexibility index (Phi) is 2.24. The van der Waals surface area contributed by atoms with E-state index in [1.54, 1.807) is 12.1 Å². The second kappa shape index (κ2) is 3.76. The van der Waals surface area contributed by atoms with Crippen molar-refractivity contribution in [2.75, 3.05) is 5.73 Å². The molecule has 88 valence electrons. The van der Waals surface area contributed by atoms with Crippen molar-refractivity contribution in [2.45, 2.75) is 25.3 Å². The fraction of sp³-hybridized carbons (Fsp3) is 0.333. The van der Waals surface area contributed by atoms with Crippen molar-refractivity contribution in [3.05, 3.63) is 24.3 Å². The number of hydrogen-bond acceptors (Lipinski definition) is 4. The van der Waals surface area contributed by atoms with Crippen LogP contribution in [0.15, 0.2) is 24.3 Å². The number of anilines is 1. The van der Waals surface area contributed by atoms with E-state index in [9.17, 15) is 5.11 Å². The zero-order valence-corrected chi connectivity index (χ0v) is 9.37. The van der Waals surface area contributed by atoms with E-state index in [0.717, 1.165) is 24.1 Å². The molecule has 3 rings (SSSR count). The zero-order valence-electron chi connectivity index (χ0n) is 9.37. The molecular weight excluding hydrogens is 216 g/mol. The van der Waals surface area contributed by atoms with Crippen LogP contribution in [0.1, 0.15) is 25.3 Å². The standard InChI is InChI=1S/C12H14N4O/c13-12-11(8-4-6-10(17)7-5-8)16(15-14-12)9-2-1-3-9/h4-7,9,17H,1-3,13H2. The molecule has 0 bridgehead atoms. The lowest BCUT2D eigenvalue weighted by Gasteiger charge is -2.26. The molecule has 0 amide bonds. The van der Waals surface area contributed by atoms with Crippen LogP contribution < -0.4 is 5.73 Å². The molecule has 0 aliphatic heterocycles. The van der Waals surface area contributed by atoms with Gasteiger partial charge in [0, 0.05) is 5.56 Å². The van der Waals surface area contributed by atoms with Gasteiger partial charge in [-0.1, -0.05) is 5.21 Å². The average molecular weight is 230 g/mol. The molecule has 1 aliphatic carbocycles. The lowest BCUT2D eigenvalue weighted by atomic mass is 9.93. The summed E-state index contributed by atoms with van der Waals surface area (Å²) in [6.45, 7) is 0. The van der Waals surface area contributed by atoms with Crippen molar-refractivity contribution in [3.63, 3.8) is 0 Å². The highest BCUT2D eigenvalue weighted by Gasteiger charge is 2.25. The Morgan fingerprint density at radius 2 is 1.94 bits per heavy atom. The van der Waals surface area contributed by atoms with Gasteiger partial charge in [0.25, 0.3) is 0 Å². The minimum absolute atomic E-state index is 0.245. The Balaban J connectivity index is 2.06. The number of benzene rings is 1. The molecule has 0 spiro atoms. The molecule has 0 saturated heterocycles. The summed E-state index contributed by atoms with van der Waals surface area (Å²) >= 11 is 0. The topological polar surface area (TPSA) is 77.0 Å². The van der Waals surface area contributed by atoms with Crippen LogP contribution in [0.4, 0.5) is 5.82 Å². The van der Waals surface area contributed by atoms with Crippen molar-refractivity contribution in [2.24, 2.45) is 0 Å². The summed E-state index contributed by atoms with van der Waals surface area (Å²) in [4.78, 5) is 0. The molecule has 5 nitrogen and oxygen atoms in total. The van der Waals surface area contributed by atoms with Crippen LogP contribution >= 0.6 is 0 Å². The molecule has 1 heterocycles. The van der Waals surface area contributed by atoms with Crippen LogP contribution in [0.2, 0.25) is 0 Å². The van der Waals surface area contributed by atoms with Crippen molar-refractivity contribution >= 4 is 5.82 Å². The predicted octanol–water partition coefficient (Wildman–Crippen LogP) is 1.96. The van der Waals surface area contributed by atoms with Gasteiger partial charge in [0.05, 0.1) is 6.04 Å². The number of aromatic nitrogens is 3. The minimum atomic E-state index is 0.245. The number of aromatic hydroxyl groups is 1. The summed E-state index contributed by atoms with van der Waals surface area (Å²) in [7, 11) is 0. The second-order valence-corrected chi connectivity index (χ2v) is 4.40. The molecule has 1 aromatic heterocycles. The van der Waals surface area contributed by atoms with Gasteiger partial charge in [-0.2, -0.15) is 0 Å². The minimum Gasteiger partial charge on any atom is -0.508 e. The highest BCUT2D eigenvalue weighted by molar-refractivity contribution is 5.70. The lowest BCUT2D eigenvalue weighted by molar-refractivity contribution is 0.287. The number of phenolic OH excluding ortho intramolecular Hbond substituents is 1. The van der Waals surface area contributed by atoms with Crippen molar-refractivity contribution < 1.29 is 5.11 Å². The van der Waals surface area contributed by atoms with Crippen LogP contribution in [0.25, 0.3) is 11.3 Å². The molecule has 1 aromatic carbocycles. The SMILES string of the molecule is Nc1nnn(C2CCC2)c1-c1ccc(O)cc1. The summed E-state index contributed by atoms with van der Waals surface area (Å²) in [5.41, 5.74) is 7.67. The molecule has 17 heavy (non-hydrogen) atoms. The Morgan fingerprint density at radius 1 is 1.24 bits per heavy atom. The fourth-order valence-corrected chi connectivity index (χ4v) is 2.09. The van der Waals surface area contributed by atoms with E-state index in [0.29, 0.717) is 11.9 Å². The zero-order chi connectivity index (χ0) is 11.8. The summed E-state index contributed by atoms with van der Waals surface area (Å²) in [5, 5.41) is 17.4. The smallest absolute Gasteiger partial charge is 0.174 e. The van der Waals surface area contributed by atoms with E-state index in [-0.39, 0.29) is 5.75 Å². The first-order valence-corrected chi connectivity index (χ1v) is 5.76. The maximum Gasteiger partial charge on any atom is 0.174 e. The van der Waals surface area contributed by atoms with Gasteiger partial charge in [-0.05, 0) is 43.5 Å². The Labute approximate surface area is 98.9 Å². The first-order chi connectivity index (χ1) is 8.25. The molecule has 0 radical (unpaired) electrons. The number of phenols is 1. The largest absolute Gasteiger partial charge is 0.508 e. The molecule has 3 N–H and O–H groups in total. The number of nitrogen functional groups attached to an aromatic ring is 1. The van der Waals surface area contributed by atoms with E-state index in [4.69, 9.17) is 5.73 Å². The van der Waals surface area contributed by atoms with Crippen LogP contribution in [0.5, 0.6) is 5.75 Å². The molecule has 2 aromatic rings. The lowest BCUT2D eigenvalue weighted by Crippen LogP contribution is -2.19. The van der Waals surface area contributed by atoms with Crippen LogP contribution in [-0.2, 0) is 0 Å². The van der Waals surface area contributed by atoms with Gasteiger partial charge >= 0.3 is 0 Å². The molecule has 5 heteroatoms. The quantitative estimate of drug-likeness (QED) is 0.826. The highest BCUT2D eigenvalue weighted by atomic mass is 16.3. The Bertz CT molecular complexity index is 528. The van der Waals surface area contributed by atoms with Gasteiger partial charge in [-0.15, -0.1) is 5.10 Å². The van der Waals surface area contributed by atoms with E-state index < -0.39 is 0 Å². The van der Waals surface area contributed by atoms with E-state index in [2.05, 4.69) is 10.3 Å². The molecule has 0 atom stereocenters. The molecule has 1 saturated carbocycles. The third-order valence-corrected chi connectivity index (χ3v) is 3.28. The predicted molar refractivity (Wildman–Crippen MR) is 64.4 cm³/mol. The normalized spacial score (nSPS) is 15.8. The van der Waals surface area contributed by atoms with E-state index in [1.807, 2.05) is 16.8 Å². The summed E-state index contributed by atoms with van der Waals surface area (Å²) in [6.07, 6.45) is 3.50. The highest BCUT2D eigenvalue weighted by Crippen LogP contribution is 2.36. The van der Waals surface area contributed by atoms with Gasteiger partial charge in [0.15, 0.2) is 5.82 Å². The Hall–Kier alpha value is -2.04. The van der Waals surface area contributed by atoms with Gasteiger partial charge in [-0.25, -0.2) is 4.68 Å². The summed E-state index contributed by atoms with van der Waals surface area (Å²) in [6, 6.07) is 7.38. The number of nitrogens with zero attached hydrogens (tertiary/aromatic N) is 3. The Morgan fingerprint density at radius 3 is 2.53 bits per heavy atom. The van der Waals surface area contributed by atoms with E-state index >= 15 is 0 Å². The molecule has 0 unspecified atom stereocenters. The van der Waals surface area contributed by atoms with Gasteiger partial charge < -0.3 is 10.8 Å². The van der Waals surface area contributed by atoms with Crippen molar-refractivity contribution in [1.29, 1.82) is 0 Å². The fourth-order valence-electron chi connectivity index (χ4n) is 2.09. The van der Waals surface area contributed by atoms with Crippen LogP contribution in [0, 0.1) is 0 Å². The van der Waals surface area contributed by atoms with E-state index in [1.165, 1.54) is 6.42 Å². The maximum absolute atomic E-state index is 9.29. The molecule has 1 aliphatic rings. The monoisotopic (exact) mass is 230 g/mol. The summed E-state index contributed by atoms with van der Waals surface area (Å²) < 4.78 is 1.91. The first-order valence-electron chi connectivity index (χ1n) is 5.76. The molecular formula is C12H14N4O. The van der Waals surface area contributed by atoms with Gasteiger partial charge in [0.2, 0.25) is 0 Å². The number of nitrogens with two attached hydrogens (primary N) is 1. The first kappa shape index (κ1) is 10.1. The number of hydrogen-bond donors (Lipinski definition) is 2. The van der Waals surface area contributed by atoms with Crippen LogP contribution in [0.3, 0.4) is 0 Å². The summed E-state index contributed by atoms with van der Waals surface area (Å²) in [5.74, 6) is 0.692. The van der Waals surface area contributed by atoms with Gasteiger partial charge in [-0.3, -0.25) is 0 Å². The van der Waals surface area contributed by atoms with Crippen LogP contribution in [-0.4, -0.2) is 20.1 Å². The average Bonchev–Trinajstić information content (AvgIpc) is 2.60. The van der Waals surface area contributed by atoms with Gasteiger partial charge in [0.1, 0.15) is 11.4 Å². The van der Waals surface area contributed by atoms with Crippen molar-refractivity contribution in [3.8, 4) is 17.0 Å².